The first-order chi connectivity index (χ1) is 11.8. The van der Waals surface area contributed by atoms with Crippen molar-refractivity contribution in [1.82, 2.24) is 0 Å². The number of fused-ring (bicyclic) bond motifs is 1. The van der Waals surface area contributed by atoms with Crippen LogP contribution in [0.5, 0.6) is 0 Å². The van der Waals surface area contributed by atoms with E-state index in [0.717, 1.165) is 15.7 Å². The van der Waals surface area contributed by atoms with Gasteiger partial charge in [0.1, 0.15) is 0 Å². The molecule has 4 rings (SSSR count). The van der Waals surface area contributed by atoms with E-state index in [0.29, 0.717) is 5.56 Å². The van der Waals surface area contributed by atoms with Gasteiger partial charge >= 0.3 is 146 Å². The van der Waals surface area contributed by atoms with Gasteiger partial charge in [-0.2, -0.15) is 0 Å². The third-order valence-corrected chi connectivity index (χ3v) is 6.55. The van der Waals surface area contributed by atoms with Crippen LogP contribution < -0.4 is 4.46 Å². The van der Waals surface area contributed by atoms with Crippen LogP contribution in [0.25, 0.3) is 0 Å². The number of carbonyl (C=O) groups excluding carboxylic acids is 1. The molecule has 1 aliphatic heterocycles. The molecule has 0 aliphatic carbocycles. The van der Waals surface area contributed by atoms with Crippen molar-refractivity contribution >= 4 is 30.9 Å². The number of Topliss-reactive ketones (excluding diaryl/α,β-unsaturated/α-hetero) is 1. The minimum absolute atomic E-state index is 0.0411. The molecule has 1 heterocycles. The van der Waals surface area contributed by atoms with Crippen molar-refractivity contribution in [2.75, 3.05) is 0 Å². The molecule has 0 saturated heterocycles. The average molecular weight is 379 g/mol. The predicted molar refractivity (Wildman–Crippen MR) is 96.2 cm³/mol. The van der Waals surface area contributed by atoms with Gasteiger partial charge in [-0.1, -0.05) is 0 Å². The van der Waals surface area contributed by atoms with Gasteiger partial charge in [-0.05, 0) is 0 Å². The molecule has 1 aliphatic rings. The first-order valence-electron chi connectivity index (χ1n) is 7.62. The van der Waals surface area contributed by atoms with Gasteiger partial charge in [0.2, 0.25) is 0 Å². The molecule has 4 heteroatoms. The molecule has 0 saturated carbocycles. The van der Waals surface area contributed by atoms with E-state index in [1.54, 1.807) is 0 Å². The van der Waals surface area contributed by atoms with Crippen molar-refractivity contribution in [3.8, 4) is 0 Å². The Balaban J connectivity index is 1.85. The molecule has 0 radical (unpaired) electrons. The quantitative estimate of drug-likeness (QED) is 0.387. The van der Waals surface area contributed by atoms with Crippen molar-refractivity contribution in [2.24, 2.45) is 5.18 Å². The van der Waals surface area contributed by atoms with E-state index in [4.69, 9.17) is 4.54 Å². The summed E-state index contributed by atoms with van der Waals surface area (Å²) in [6.07, 6.45) is 0. The third kappa shape index (κ3) is 2.50. The zero-order valence-corrected chi connectivity index (χ0v) is 14.5. The predicted octanol–water partition coefficient (Wildman–Crippen LogP) is 3.70. The molecular formula is C20H14NO2Se+. The third-order valence-electron chi connectivity index (χ3n) is 3.87. The summed E-state index contributed by atoms with van der Waals surface area (Å²) in [5.41, 5.74) is 2.23. The summed E-state index contributed by atoms with van der Waals surface area (Å²) in [6, 6.07) is 27.0. The Morgan fingerprint density at radius 3 is 2.21 bits per heavy atom. The molecule has 3 aromatic rings. The Morgan fingerprint density at radius 1 is 0.833 bits per heavy atom. The second-order valence-electron chi connectivity index (χ2n) is 5.43. The van der Waals surface area contributed by atoms with Crippen LogP contribution >= 0.6 is 0 Å². The summed E-state index contributed by atoms with van der Waals surface area (Å²) in [7, 11) is 0. The molecule has 116 valence electrons. The van der Waals surface area contributed by atoms with Gasteiger partial charge in [0.25, 0.3) is 0 Å². The van der Waals surface area contributed by atoms with E-state index in [1.165, 1.54) is 0 Å². The maximum atomic E-state index is 13.4. The van der Waals surface area contributed by atoms with Crippen molar-refractivity contribution in [3.05, 3.63) is 101 Å². The van der Waals surface area contributed by atoms with E-state index in [2.05, 4.69) is 5.18 Å². The summed E-state index contributed by atoms with van der Waals surface area (Å²) >= 11 is -0.253. The molecule has 0 fully saturated rings. The fraction of sp³-hybridized carbons (Fsp3) is 0.0500. The molecule has 0 amide bonds. The van der Waals surface area contributed by atoms with Crippen LogP contribution in [0.15, 0.2) is 90.1 Å². The van der Waals surface area contributed by atoms with E-state index < -0.39 is 4.50 Å². The van der Waals surface area contributed by atoms with E-state index in [-0.39, 0.29) is 20.7 Å². The van der Waals surface area contributed by atoms with E-state index in [1.807, 2.05) is 84.9 Å². The van der Waals surface area contributed by atoms with E-state index >= 15 is 0 Å². The molecule has 0 N–H and O–H groups in total. The summed E-state index contributed by atoms with van der Waals surface area (Å²) in [4.78, 5) is 13.4. The molecular weight excluding hydrogens is 365 g/mol. The van der Waals surface area contributed by atoms with Crippen LogP contribution in [0.1, 0.15) is 15.9 Å². The maximum absolute atomic E-state index is 13.4. The van der Waals surface area contributed by atoms with Crippen LogP contribution in [-0.2, 0) is 4.50 Å². The van der Waals surface area contributed by atoms with Crippen LogP contribution in [0.4, 0.5) is 5.69 Å². The molecule has 0 spiro atoms. The molecule has 3 nitrogen and oxygen atoms in total. The fourth-order valence-corrected chi connectivity index (χ4v) is 5.21. The van der Waals surface area contributed by atoms with Crippen LogP contribution in [0, 0.1) is 4.54 Å². The fourth-order valence-electron chi connectivity index (χ4n) is 2.71. The Labute approximate surface area is 146 Å². The zero-order chi connectivity index (χ0) is 16.4. The van der Waals surface area contributed by atoms with Crippen LogP contribution in [0.3, 0.4) is 0 Å². The summed E-state index contributed by atoms with van der Waals surface area (Å²) in [5, 5.41) is 4.19. The number of nitroso groups, excluding NO2 is 1. The number of hydrogen-bond acceptors (Lipinski definition) is 2. The number of benzene rings is 3. The number of hydrogen-bond donors (Lipinski definition) is 0. The van der Waals surface area contributed by atoms with Crippen molar-refractivity contribution in [3.63, 3.8) is 0 Å². The zero-order valence-electron chi connectivity index (χ0n) is 12.8. The van der Waals surface area contributed by atoms with Gasteiger partial charge in [0.15, 0.2) is 0 Å². The Bertz CT molecular complexity index is 909. The first-order valence-corrected chi connectivity index (χ1v) is 9.33. The second-order valence-corrected chi connectivity index (χ2v) is 8.05. The molecule has 0 aromatic heterocycles. The number of rotatable bonds is 4. The summed E-state index contributed by atoms with van der Waals surface area (Å²) in [5.74, 6) is -0.0411. The van der Waals surface area contributed by atoms with Crippen molar-refractivity contribution in [1.29, 1.82) is 0 Å². The Morgan fingerprint density at radius 2 is 1.46 bits per heavy atom. The molecule has 3 aromatic carbocycles. The summed E-state index contributed by atoms with van der Waals surface area (Å²) < 4.78 is 5.88. The monoisotopic (exact) mass is 380 g/mol. The van der Waals surface area contributed by atoms with Crippen molar-refractivity contribution in [2.45, 2.75) is 4.50 Å². The average Bonchev–Trinajstić information content (AvgIpc) is 3.02. The Kier molecular flexibility index (Phi) is 3.85. The minimum atomic E-state index is -1.05. The number of carbonyl (C=O) groups is 1. The normalized spacial score (nSPS) is 18.3. The Hall–Kier alpha value is -2.55. The van der Waals surface area contributed by atoms with Gasteiger partial charge in [0.05, 0.1) is 0 Å². The molecule has 1 atom stereocenters. The first kappa shape index (κ1) is 15.0. The molecule has 1 unspecified atom stereocenters. The van der Waals surface area contributed by atoms with Gasteiger partial charge in [0, 0.05) is 0 Å². The second kappa shape index (κ2) is 6.16. The molecule has 24 heavy (non-hydrogen) atoms. The van der Waals surface area contributed by atoms with E-state index in [9.17, 15) is 4.79 Å². The van der Waals surface area contributed by atoms with Gasteiger partial charge in [-0.15, -0.1) is 0 Å². The van der Waals surface area contributed by atoms with Gasteiger partial charge in [-0.25, -0.2) is 0 Å². The standard InChI is InChI=1S/C20H14NO2Se/c22-19(15-9-3-1-4-10-15)20(24-16-11-5-2-6-12-16)17-13-7-8-14-18(17)21-23-20/h1-14H/q+1. The topological polar surface area (TPSA) is 40.7 Å². The van der Waals surface area contributed by atoms with Crippen molar-refractivity contribution < 1.29 is 4.79 Å². The van der Waals surface area contributed by atoms with Gasteiger partial charge < -0.3 is 0 Å². The SMILES string of the molecule is O=C(c1ccccc1)C1([Se]c2ccccc2)[O+]=Nc2ccccc21. The van der Waals surface area contributed by atoms with Crippen LogP contribution in [-0.4, -0.2) is 20.7 Å². The van der Waals surface area contributed by atoms with Gasteiger partial charge in [-0.3, -0.25) is 0 Å². The van der Waals surface area contributed by atoms with Crippen LogP contribution in [0.2, 0.25) is 0 Å². The summed E-state index contributed by atoms with van der Waals surface area (Å²) in [6.45, 7) is 0. The number of ketones is 1. The number of nitrogens with zero attached hydrogens (tertiary/aromatic N) is 1. The molecule has 0 bridgehead atoms.